The van der Waals surface area contributed by atoms with E-state index >= 15 is 0 Å². The quantitative estimate of drug-likeness (QED) is 0.844. The minimum absolute atomic E-state index is 0.119. The molecule has 1 aliphatic rings. The lowest BCUT2D eigenvalue weighted by Gasteiger charge is -2.26. The van der Waals surface area contributed by atoms with E-state index in [1.54, 1.807) is 12.1 Å². The molecular weight excluding hydrogens is 283 g/mol. The molecular formula is C14H18ClFN2O2. The van der Waals surface area contributed by atoms with Crippen LogP contribution < -0.4 is 5.32 Å². The van der Waals surface area contributed by atoms with Crippen LogP contribution in [0.1, 0.15) is 12.0 Å². The summed E-state index contributed by atoms with van der Waals surface area (Å²) in [5.74, 6) is -0.282. The number of morpholine rings is 1. The highest BCUT2D eigenvalue weighted by Crippen LogP contribution is 2.15. The van der Waals surface area contributed by atoms with E-state index in [9.17, 15) is 9.18 Å². The Labute approximate surface area is 122 Å². The normalized spacial score (nSPS) is 15.4. The third-order valence-electron chi connectivity index (χ3n) is 3.19. The summed E-state index contributed by atoms with van der Waals surface area (Å²) in [6.45, 7) is 3.74. The van der Waals surface area contributed by atoms with E-state index in [0.29, 0.717) is 45.8 Å². The van der Waals surface area contributed by atoms with Crippen molar-refractivity contribution in [1.29, 1.82) is 0 Å². The first kappa shape index (κ1) is 15.2. The molecule has 1 saturated heterocycles. The zero-order valence-corrected chi connectivity index (χ0v) is 12.0. The average molecular weight is 301 g/mol. The number of rotatable bonds is 5. The Kier molecular flexibility index (Phi) is 5.76. The molecule has 0 atom stereocenters. The van der Waals surface area contributed by atoms with E-state index in [0.717, 1.165) is 5.56 Å². The standard InChI is InChI=1S/C14H18ClFN2O2/c15-12-9-11(1-2-13(12)16)10-17-4-3-14(19)18-5-7-20-8-6-18/h1-2,9,17H,3-8,10H2. The second-order valence-corrected chi connectivity index (χ2v) is 5.08. The molecule has 20 heavy (non-hydrogen) atoms. The van der Waals surface area contributed by atoms with Gasteiger partial charge in [0, 0.05) is 32.6 Å². The van der Waals surface area contributed by atoms with E-state index in [4.69, 9.17) is 16.3 Å². The number of ether oxygens (including phenoxy) is 1. The predicted molar refractivity (Wildman–Crippen MR) is 75.1 cm³/mol. The second-order valence-electron chi connectivity index (χ2n) is 4.67. The minimum atomic E-state index is -0.419. The molecule has 4 nitrogen and oxygen atoms in total. The van der Waals surface area contributed by atoms with Crippen molar-refractivity contribution in [3.63, 3.8) is 0 Å². The van der Waals surface area contributed by atoms with Crippen LogP contribution in [0.5, 0.6) is 0 Å². The molecule has 1 fully saturated rings. The lowest BCUT2D eigenvalue weighted by molar-refractivity contribution is -0.135. The third-order valence-corrected chi connectivity index (χ3v) is 3.48. The van der Waals surface area contributed by atoms with Crippen molar-refractivity contribution in [1.82, 2.24) is 10.2 Å². The number of amides is 1. The third kappa shape index (κ3) is 4.44. The van der Waals surface area contributed by atoms with Gasteiger partial charge < -0.3 is 15.0 Å². The Morgan fingerprint density at radius 3 is 2.85 bits per heavy atom. The topological polar surface area (TPSA) is 41.6 Å². The maximum Gasteiger partial charge on any atom is 0.224 e. The molecule has 0 aliphatic carbocycles. The highest BCUT2D eigenvalue weighted by atomic mass is 35.5. The molecule has 110 valence electrons. The molecule has 1 heterocycles. The molecule has 2 rings (SSSR count). The summed E-state index contributed by atoms with van der Waals surface area (Å²) in [5, 5.41) is 3.28. The van der Waals surface area contributed by atoms with Gasteiger partial charge in [0.2, 0.25) is 5.91 Å². The molecule has 0 aromatic heterocycles. The Morgan fingerprint density at radius 2 is 2.15 bits per heavy atom. The highest BCUT2D eigenvalue weighted by Gasteiger charge is 2.15. The summed E-state index contributed by atoms with van der Waals surface area (Å²) in [6, 6.07) is 4.62. The summed E-state index contributed by atoms with van der Waals surface area (Å²) in [7, 11) is 0. The second kappa shape index (κ2) is 7.57. The molecule has 1 aliphatic heterocycles. The van der Waals surface area contributed by atoms with E-state index in [1.165, 1.54) is 6.07 Å². The maximum atomic E-state index is 13.0. The molecule has 6 heteroatoms. The Bertz CT molecular complexity index is 464. The van der Waals surface area contributed by atoms with E-state index < -0.39 is 5.82 Å². The molecule has 1 N–H and O–H groups in total. The van der Waals surface area contributed by atoms with Crippen molar-refractivity contribution in [2.24, 2.45) is 0 Å². The van der Waals surface area contributed by atoms with Crippen molar-refractivity contribution in [3.05, 3.63) is 34.6 Å². The number of carbonyl (C=O) groups is 1. The predicted octanol–water partition coefficient (Wildman–Crippen LogP) is 1.82. The van der Waals surface area contributed by atoms with Gasteiger partial charge in [0.25, 0.3) is 0 Å². The zero-order chi connectivity index (χ0) is 14.4. The van der Waals surface area contributed by atoms with Gasteiger partial charge in [-0.1, -0.05) is 17.7 Å². The van der Waals surface area contributed by atoms with Gasteiger partial charge in [-0.2, -0.15) is 0 Å². The lowest BCUT2D eigenvalue weighted by atomic mass is 10.2. The molecule has 1 aromatic carbocycles. The first-order valence-corrected chi connectivity index (χ1v) is 7.05. The fraction of sp³-hybridized carbons (Fsp3) is 0.500. The monoisotopic (exact) mass is 300 g/mol. The van der Waals surface area contributed by atoms with E-state index in [-0.39, 0.29) is 10.9 Å². The fourth-order valence-corrected chi connectivity index (χ4v) is 2.25. The van der Waals surface area contributed by atoms with Crippen molar-refractivity contribution in [2.45, 2.75) is 13.0 Å². The van der Waals surface area contributed by atoms with Gasteiger partial charge in [0.15, 0.2) is 0 Å². The molecule has 0 radical (unpaired) electrons. The lowest BCUT2D eigenvalue weighted by Crippen LogP contribution is -2.41. The summed E-state index contributed by atoms with van der Waals surface area (Å²) in [4.78, 5) is 13.7. The number of benzene rings is 1. The van der Waals surface area contributed by atoms with E-state index in [2.05, 4.69) is 5.32 Å². The van der Waals surface area contributed by atoms with Crippen LogP contribution in [-0.4, -0.2) is 43.7 Å². The number of nitrogens with zero attached hydrogens (tertiary/aromatic N) is 1. The zero-order valence-electron chi connectivity index (χ0n) is 11.2. The summed E-state index contributed by atoms with van der Waals surface area (Å²) >= 11 is 5.70. The van der Waals surface area contributed by atoms with Gasteiger partial charge >= 0.3 is 0 Å². The van der Waals surface area contributed by atoms with Crippen molar-refractivity contribution < 1.29 is 13.9 Å². The van der Waals surface area contributed by atoms with Crippen LogP contribution in [0.4, 0.5) is 4.39 Å². The van der Waals surface area contributed by atoms with Crippen molar-refractivity contribution in [3.8, 4) is 0 Å². The first-order valence-electron chi connectivity index (χ1n) is 6.67. The molecule has 1 amide bonds. The maximum absolute atomic E-state index is 13.0. The number of halogens is 2. The molecule has 0 unspecified atom stereocenters. The smallest absolute Gasteiger partial charge is 0.224 e. The number of carbonyl (C=O) groups excluding carboxylic acids is 1. The Balaban J connectivity index is 1.68. The van der Waals surface area contributed by atoms with Crippen LogP contribution in [0.15, 0.2) is 18.2 Å². The van der Waals surface area contributed by atoms with Crippen LogP contribution in [0, 0.1) is 5.82 Å². The summed E-state index contributed by atoms with van der Waals surface area (Å²) in [6.07, 6.45) is 0.453. The van der Waals surface area contributed by atoms with Gasteiger partial charge in [0.05, 0.1) is 18.2 Å². The largest absolute Gasteiger partial charge is 0.378 e. The SMILES string of the molecule is O=C(CCNCc1ccc(F)c(Cl)c1)N1CCOCC1. The highest BCUT2D eigenvalue weighted by molar-refractivity contribution is 6.30. The number of hydrogen-bond acceptors (Lipinski definition) is 3. The van der Waals surface area contributed by atoms with E-state index in [1.807, 2.05) is 4.90 Å². The average Bonchev–Trinajstić information content (AvgIpc) is 2.48. The molecule has 0 saturated carbocycles. The number of hydrogen-bond donors (Lipinski definition) is 1. The van der Waals surface area contributed by atoms with Gasteiger partial charge in [0.1, 0.15) is 5.82 Å². The Hall–Kier alpha value is -1.17. The van der Waals surface area contributed by atoms with Gasteiger partial charge in [-0.05, 0) is 17.7 Å². The van der Waals surface area contributed by atoms with Crippen LogP contribution in [0.2, 0.25) is 5.02 Å². The van der Waals surface area contributed by atoms with Crippen LogP contribution in [0.3, 0.4) is 0 Å². The van der Waals surface area contributed by atoms with Gasteiger partial charge in [-0.15, -0.1) is 0 Å². The van der Waals surface area contributed by atoms with Crippen molar-refractivity contribution in [2.75, 3.05) is 32.8 Å². The molecule has 0 bridgehead atoms. The number of nitrogens with one attached hydrogen (secondary N) is 1. The van der Waals surface area contributed by atoms with Gasteiger partial charge in [-0.3, -0.25) is 4.79 Å². The minimum Gasteiger partial charge on any atom is -0.378 e. The molecule has 1 aromatic rings. The van der Waals surface area contributed by atoms with Gasteiger partial charge in [-0.25, -0.2) is 4.39 Å². The van der Waals surface area contributed by atoms with Crippen LogP contribution >= 0.6 is 11.6 Å². The Morgan fingerprint density at radius 1 is 1.40 bits per heavy atom. The summed E-state index contributed by atoms with van der Waals surface area (Å²) in [5.41, 5.74) is 0.898. The van der Waals surface area contributed by atoms with Crippen LogP contribution in [-0.2, 0) is 16.1 Å². The molecule has 0 spiro atoms. The van der Waals surface area contributed by atoms with Crippen molar-refractivity contribution >= 4 is 17.5 Å². The first-order chi connectivity index (χ1) is 9.66. The fourth-order valence-electron chi connectivity index (χ4n) is 2.05. The van der Waals surface area contributed by atoms with Crippen LogP contribution in [0.25, 0.3) is 0 Å². The summed E-state index contributed by atoms with van der Waals surface area (Å²) < 4.78 is 18.2.